The van der Waals surface area contributed by atoms with Gasteiger partial charge in [-0.15, -0.1) is 0 Å². The van der Waals surface area contributed by atoms with E-state index in [0.717, 1.165) is 5.56 Å². The van der Waals surface area contributed by atoms with Gasteiger partial charge in [0.2, 0.25) is 5.78 Å². The van der Waals surface area contributed by atoms with Gasteiger partial charge in [0.1, 0.15) is 11.5 Å². The standard InChI is InChI=1S/C16H23O3S/c1-12(20-9-5-4-6-10-20)16(17)13-7-8-14(18-2)15(11-13)19-3/h7-8,11-12H,4-6,9-10H2,1-3H3/q+1. The minimum Gasteiger partial charge on any atom is -0.493 e. The molecule has 0 amide bonds. The maximum Gasteiger partial charge on any atom is 0.214 e. The highest BCUT2D eigenvalue weighted by atomic mass is 32.2. The van der Waals surface area contributed by atoms with Crippen LogP contribution in [0, 0.1) is 0 Å². The van der Waals surface area contributed by atoms with Gasteiger partial charge in [-0.3, -0.25) is 4.79 Å². The predicted octanol–water partition coefficient (Wildman–Crippen LogP) is 3.08. The molecule has 1 aromatic carbocycles. The third-order valence-corrected chi connectivity index (χ3v) is 6.69. The molecule has 3 nitrogen and oxygen atoms in total. The van der Waals surface area contributed by atoms with Crippen LogP contribution in [-0.4, -0.2) is 36.8 Å². The van der Waals surface area contributed by atoms with Gasteiger partial charge in [0.25, 0.3) is 0 Å². The number of hydrogen-bond donors (Lipinski definition) is 0. The van der Waals surface area contributed by atoms with Crippen LogP contribution in [0.3, 0.4) is 0 Å². The van der Waals surface area contributed by atoms with E-state index in [2.05, 4.69) is 6.92 Å². The van der Waals surface area contributed by atoms with Crippen molar-refractivity contribution in [2.45, 2.75) is 31.4 Å². The summed E-state index contributed by atoms with van der Waals surface area (Å²) in [6, 6.07) is 5.45. The van der Waals surface area contributed by atoms with Crippen LogP contribution in [0.1, 0.15) is 36.5 Å². The summed E-state index contributed by atoms with van der Waals surface area (Å²) in [7, 11) is 3.44. The van der Waals surface area contributed by atoms with E-state index in [-0.39, 0.29) is 21.9 Å². The van der Waals surface area contributed by atoms with Gasteiger partial charge in [-0.2, -0.15) is 0 Å². The Morgan fingerprint density at radius 1 is 1.10 bits per heavy atom. The molecule has 1 atom stereocenters. The summed E-state index contributed by atoms with van der Waals surface area (Å²) in [6.07, 6.45) is 3.86. The van der Waals surface area contributed by atoms with E-state index in [4.69, 9.17) is 9.47 Å². The first kappa shape index (κ1) is 15.2. The molecule has 1 aliphatic rings. The Morgan fingerprint density at radius 2 is 1.75 bits per heavy atom. The number of ether oxygens (including phenoxy) is 2. The van der Waals surface area contributed by atoms with Crippen molar-refractivity contribution in [3.63, 3.8) is 0 Å². The summed E-state index contributed by atoms with van der Waals surface area (Å²) in [5.41, 5.74) is 0.730. The average molecular weight is 295 g/mol. The molecule has 1 aliphatic heterocycles. The molecule has 0 bridgehead atoms. The van der Waals surface area contributed by atoms with Crippen LogP contribution in [0.25, 0.3) is 0 Å². The number of Topliss-reactive ketones (excluding diaryl/α,β-unsaturated/α-hetero) is 1. The Kier molecular flexibility index (Phi) is 5.35. The van der Waals surface area contributed by atoms with E-state index < -0.39 is 0 Å². The molecule has 0 aromatic heterocycles. The van der Waals surface area contributed by atoms with Crippen LogP contribution >= 0.6 is 0 Å². The second-order valence-corrected chi connectivity index (χ2v) is 7.68. The van der Waals surface area contributed by atoms with Gasteiger partial charge in [0, 0.05) is 5.56 Å². The van der Waals surface area contributed by atoms with E-state index in [1.165, 1.54) is 30.8 Å². The molecule has 1 aromatic rings. The molecule has 1 heterocycles. The SMILES string of the molecule is COc1ccc(C(=O)C(C)[S+]2CCCCC2)cc1OC. The normalized spacial score (nSPS) is 17.6. The quantitative estimate of drug-likeness (QED) is 0.618. The molecule has 1 saturated heterocycles. The Hall–Kier alpha value is -1.16. The first-order valence-electron chi connectivity index (χ1n) is 7.10. The number of carbonyl (C=O) groups is 1. The van der Waals surface area contributed by atoms with E-state index >= 15 is 0 Å². The van der Waals surface area contributed by atoms with Crippen molar-refractivity contribution in [2.75, 3.05) is 25.7 Å². The lowest BCUT2D eigenvalue weighted by molar-refractivity contribution is 0.0992. The van der Waals surface area contributed by atoms with Gasteiger partial charge in [0.05, 0.1) is 14.2 Å². The summed E-state index contributed by atoms with van der Waals surface area (Å²) in [5, 5.41) is 0.119. The number of carbonyl (C=O) groups excluding carboxylic acids is 1. The zero-order valence-electron chi connectivity index (χ0n) is 12.5. The summed E-state index contributed by atoms with van der Waals surface area (Å²) in [6.45, 7) is 2.08. The molecule has 20 heavy (non-hydrogen) atoms. The summed E-state index contributed by atoms with van der Waals surface area (Å²) >= 11 is 0. The molecule has 4 heteroatoms. The highest BCUT2D eigenvalue weighted by molar-refractivity contribution is 7.98. The Morgan fingerprint density at radius 3 is 2.35 bits per heavy atom. The maximum absolute atomic E-state index is 12.6. The largest absolute Gasteiger partial charge is 0.493 e. The predicted molar refractivity (Wildman–Crippen MR) is 84.3 cm³/mol. The van der Waals surface area contributed by atoms with Crippen LogP contribution in [0.15, 0.2) is 18.2 Å². The zero-order chi connectivity index (χ0) is 14.5. The molecule has 110 valence electrons. The van der Waals surface area contributed by atoms with Crippen LogP contribution in [0.2, 0.25) is 0 Å². The zero-order valence-corrected chi connectivity index (χ0v) is 13.3. The first-order valence-corrected chi connectivity index (χ1v) is 8.72. The Balaban J connectivity index is 2.15. The molecular formula is C16H23O3S+. The summed E-state index contributed by atoms with van der Waals surface area (Å²) in [5.74, 6) is 3.94. The highest BCUT2D eigenvalue weighted by Gasteiger charge is 2.34. The number of rotatable bonds is 5. The summed E-state index contributed by atoms with van der Waals surface area (Å²) in [4.78, 5) is 12.6. The highest BCUT2D eigenvalue weighted by Crippen LogP contribution is 2.29. The topological polar surface area (TPSA) is 35.5 Å². The molecule has 0 N–H and O–H groups in total. The van der Waals surface area contributed by atoms with Crippen molar-refractivity contribution < 1.29 is 14.3 Å². The lowest BCUT2D eigenvalue weighted by Gasteiger charge is -2.19. The molecule has 0 aliphatic carbocycles. The minimum atomic E-state index is 0.119. The molecule has 2 rings (SSSR count). The van der Waals surface area contributed by atoms with Crippen molar-refractivity contribution in [1.82, 2.24) is 0 Å². The lowest BCUT2D eigenvalue weighted by Crippen LogP contribution is -2.34. The fourth-order valence-corrected chi connectivity index (χ4v) is 5.08. The van der Waals surface area contributed by atoms with Gasteiger partial charge in [-0.1, -0.05) is 0 Å². The number of ketones is 1. The monoisotopic (exact) mass is 295 g/mol. The van der Waals surface area contributed by atoms with E-state index in [9.17, 15) is 4.79 Å². The second-order valence-electron chi connectivity index (χ2n) is 5.08. The van der Waals surface area contributed by atoms with Crippen LogP contribution in [0.4, 0.5) is 0 Å². The fraction of sp³-hybridized carbons (Fsp3) is 0.562. The number of hydrogen-bond acceptors (Lipinski definition) is 3. The van der Waals surface area contributed by atoms with Crippen LogP contribution in [-0.2, 0) is 10.9 Å². The lowest BCUT2D eigenvalue weighted by atomic mass is 10.1. The van der Waals surface area contributed by atoms with Gasteiger partial charge in [-0.05, 0) is 55.3 Å². The van der Waals surface area contributed by atoms with Crippen molar-refractivity contribution in [1.29, 1.82) is 0 Å². The molecule has 1 fully saturated rings. The maximum atomic E-state index is 12.6. The van der Waals surface area contributed by atoms with Crippen molar-refractivity contribution in [3.8, 4) is 11.5 Å². The molecule has 0 saturated carbocycles. The molecular weight excluding hydrogens is 272 g/mol. The first-order chi connectivity index (χ1) is 9.67. The Labute approximate surface area is 124 Å². The minimum absolute atomic E-state index is 0.119. The van der Waals surface area contributed by atoms with Crippen molar-refractivity contribution in [3.05, 3.63) is 23.8 Å². The van der Waals surface area contributed by atoms with E-state index in [1.54, 1.807) is 20.3 Å². The van der Waals surface area contributed by atoms with E-state index in [1.807, 2.05) is 12.1 Å². The van der Waals surface area contributed by atoms with Gasteiger partial charge < -0.3 is 9.47 Å². The number of methoxy groups -OCH3 is 2. The third-order valence-electron chi connectivity index (χ3n) is 3.85. The third kappa shape index (κ3) is 3.29. The second kappa shape index (κ2) is 7.02. The van der Waals surface area contributed by atoms with Crippen molar-refractivity contribution in [2.24, 2.45) is 0 Å². The average Bonchev–Trinajstić information content (AvgIpc) is 2.53. The van der Waals surface area contributed by atoms with Gasteiger partial charge >= 0.3 is 0 Å². The van der Waals surface area contributed by atoms with Crippen LogP contribution in [0.5, 0.6) is 11.5 Å². The molecule has 0 radical (unpaired) electrons. The van der Waals surface area contributed by atoms with Crippen molar-refractivity contribution >= 4 is 16.7 Å². The van der Waals surface area contributed by atoms with Gasteiger partial charge in [0.15, 0.2) is 16.7 Å². The number of benzene rings is 1. The summed E-state index contributed by atoms with van der Waals surface area (Å²) < 4.78 is 10.5. The van der Waals surface area contributed by atoms with E-state index in [0.29, 0.717) is 11.5 Å². The molecule has 0 spiro atoms. The molecule has 1 unspecified atom stereocenters. The van der Waals surface area contributed by atoms with Crippen LogP contribution < -0.4 is 9.47 Å². The van der Waals surface area contributed by atoms with Gasteiger partial charge in [-0.25, -0.2) is 0 Å². The smallest absolute Gasteiger partial charge is 0.214 e. The Bertz CT molecular complexity index is 467. The fourth-order valence-electron chi connectivity index (χ4n) is 2.58.